The zero-order valence-electron chi connectivity index (χ0n) is 15.2. The Morgan fingerprint density at radius 3 is 2.33 bits per heavy atom. The fraction of sp³-hybridized carbons (Fsp3) is 0.333. The number of amides is 1. The minimum absolute atomic E-state index is 0.0520. The van der Waals surface area contributed by atoms with E-state index in [1.807, 2.05) is 30.3 Å². The summed E-state index contributed by atoms with van der Waals surface area (Å²) in [7, 11) is 0. The lowest BCUT2D eigenvalue weighted by molar-refractivity contribution is -0.132. The van der Waals surface area contributed by atoms with Crippen molar-refractivity contribution in [1.82, 2.24) is 9.91 Å². The standard InChI is InChI=1S/C21H23FN4O/c22-18-6-8-19(9-7-18)25-14-12-24(13-15-25)16-21(27)26-11-10-20(23-26)17-4-2-1-3-5-17/h1-9H,10-16H2. The summed E-state index contributed by atoms with van der Waals surface area (Å²) in [5.41, 5.74) is 3.09. The van der Waals surface area contributed by atoms with Gasteiger partial charge < -0.3 is 4.90 Å². The highest BCUT2D eigenvalue weighted by Crippen LogP contribution is 2.18. The van der Waals surface area contributed by atoms with E-state index in [1.165, 1.54) is 12.1 Å². The first-order chi connectivity index (χ1) is 13.2. The van der Waals surface area contributed by atoms with Gasteiger partial charge in [-0.05, 0) is 29.8 Å². The lowest BCUT2D eigenvalue weighted by Crippen LogP contribution is -2.49. The fourth-order valence-electron chi connectivity index (χ4n) is 3.56. The molecule has 2 aromatic rings. The molecule has 2 aliphatic rings. The van der Waals surface area contributed by atoms with E-state index in [9.17, 15) is 9.18 Å². The van der Waals surface area contributed by atoms with Crippen LogP contribution in [0.25, 0.3) is 0 Å². The van der Waals surface area contributed by atoms with Crippen molar-refractivity contribution in [3.05, 3.63) is 66.0 Å². The maximum Gasteiger partial charge on any atom is 0.256 e. The molecule has 0 atom stereocenters. The Bertz CT molecular complexity index is 814. The molecule has 0 radical (unpaired) electrons. The first-order valence-corrected chi connectivity index (χ1v) is 9.35. The normalized spacial score (nSPS) is 17.9. The maximum atomic E-state index is 13.1. The van der Waals surface area contributed by atoms with Gasteiger partial charge in [-0.15, -0.1) is 0 Å². The first-order valence-electron chi connectivity index (χ1n) is 9.35. The molecule has 0 unspecified atom stereocenters. The number of halogens is 1. The van der Waals surface area contributed by atoms with Crippen molar-refractivity contribution < 1.29 is 9.18 Å². The third kappa shape index (κ3) is 4.17. The number of benzene rings is 2. The van der Waals surface area contributed by atoms with Crippen LogP contribution in [0.1, 0.15) is 12.0 Å². The summed E-state index contributed by atoms with van der Waals surface area (Å²) in [6.07, 6.45) is 0.800. The average Bonchev–Trinajstić information content (AvgIpc) is 3.20. The van der Waals surface area contributed by atoms with Gasteiger partial charge in [0.25, 0.3) is 5.91 Å². The van der Waals surface area contributed by atoms with E-state index in [0.717, 1.165) is 49.6 Å². The zero-order valence-corrected chi connectivity index (χ0v) is 15.2. The predicted octanol–water partition coefficient (Wildman–Crippen LogP) is 2.58. The summed E-state index contributed by atoms with van der Waals surface area (Å²) in [5.74, 6) is -0.166. The molecule has 1 saturated heterocycles. The Kier molecular flexibility index (Phi) is 5.16. The number of hydrazone groups is 1. The number of piperazine rings is 1. The van der Waals surface area contributed by atoms with Gasteiger partial charge in [-0.25, -0.2) is 9.40 Å². The summed E-state index contributed by atoms with van der Waals surface area (Å²) in [6, 6.07) is 16.6. The van der Waals surface area contributed by atoms with Crippen LogP contribution < -0.4 is 4.90 Å². The van der Waals surface area contributed by atoms with Gasteiger partial charge in [0.15, 0.2) is 0 Å². The Morgan fingerprint density at radius 2 is 1.63 bits per heavy atom. The first kappa shape index (κ1) is 17.7. The van der Waals surface area contributed by atoms with E-state index < -0.39 is 0 Å². The van der Waals surface area contributed by atoms with Crippen molar-refractivity contribution in [2.24, 2.45) is 5.10 Å². The highest BCUT2D eigenvalue weighted by atomic mass is 19.1. The molecule has 1 fully saturated rings. The van der Waals surface area contributed by atoms with Crippen LogP contribution in [0.4, 0.5) is 10.1 Å². The predicted molar refractivity (Wildman–Crippen MR) is 104 cm³/mol. The quantitative estimate of drug-likeness (QED) is 0.835. The largest absolute Gasteiger partial charge is 0.369 e. The molecule has 0 bridgehead atoms. The Labute approximate surface area is 158 Å². The van der Waals surface area contributed by atoms with E-state index >= 15 is 0 Å². The topological polar surface area (TPSA) is 39.2 Å². The molecular weight excluding hydrogens is 343 g/mol. The molecule has 2 aromatic carbocycles. The van der Waals surface area contributed by atoms with Gasteiger partial charge >= 0.3 is 0 Å². The van der Waals surface area contributed by atoms with Gasteiger partial charge in [0.2, 0.25) is 0 Å². The van der Waals surface area contributed by atoms with Crippen molar-refractivity contribution in [3.63, 3.8) is 0 Å². The number of hydrogen-bond donors (Lipinski definition) is 0. The molecule has 2 aliphatic heterocycles. The van der Waals surface area contributed by atoms with Crippen LogP contribution in [0.15, 0.2) is 59.7 Å². The van der Waals surface area contributed by atoms with Crippen molar-refractivity contribution in [2.75, 3.05) is 44.2 Å². The molecule has 0 saturated carbocycles. The second-order valence-electron chi connectivity index (χ2n) is 6.92. The molecular formula is C21H23FN4O. The summed E-state index contributed by atoms with van der Waals surface area (Å²) in [5, 5.41) is 6.13. The summed E-state index contributed by atoms with van der Waals surface area (Å²) in [4.78, 5) is 17.0. The van der Waals surface area contributed by atoms with Crippen molar-refractivity contribution in [2.45, 2.75) is 6.42 Å². The lowest BCUT2D eigenvalue weighted by atomic mass is 10.1. The van der Waals surface area contributed by atoms with Crippen molar-refractivity contribution in [1.29, 1.82) is 0 Å². The second-order valence-corrected chi connectivity index (χ2v) is 6.92. The van der Waals surface area contributed by atoms with Crippen molar-refractivity contribution >= 4 is 17.3 Å². The number of rotatable bonds is 4. The van der Waals surface area contributed by atoms with Gasteiger partial charge in [-0.1, -0.05) is 30.3 Å². The number of anilines is 1. The van der Waals surface area contributed by atoms with E-state index in [2.05, 4.69) is 14.9 Å². The lowest BCUT2D eigenvalue weighted by Gasteiger charge is -2.36. The minimum Gasteiger partial charge on any atom is -0.369 e. The second kappa shape index (κ2) is 7.88. The van der Waals surface area contributed by atoms with Gasteiger partial charge in [0.05, 0.1) is 18.8 Å². The van der Waals surface area contributed by atoms with Crippen LogP contribution in [0, 0.1) is 5.82 Å². The molecule has 0 N–H and O–H groups in total. The van der Waals surface area contributed by atoms with Gasteiger partial charge in [0.1, 0.15) is 5.82 Å². The monoisotopic (exact) mass is 366 g/mol. The molecule has 4 rings (SSSR count). The van der Waals surface area contributed by atoms with Crippen LogP contribution in [0.2, 0.25) is 0 Å². The zero-order chi connectivity index (χ0) is 18.6. The molecule has 1 amide bonds. The third-order valence-corrected chi connectivity index (χ3v) is 5.12. The average molecular weight is 366 g/mol. The number of carbonyl (C=O) groups excluding carboxylic acids is 1. The SMILES string of the molecule is O=C(CN1CCN(c2ccc(F)cc2)CC1)N1CCC(c2ccccc2)=N1. The van der Waals surface area contributed by atoms with Crippen molar-refractivity contribution in [3.8, 4) is 0 Å². The molecule has 0 aromatic heterocycles. The van der Waals surface area contributed by atoms with E-state index in [-0.39, 0.29) is 11.7 Å². The molecule has 0 aliphatic carbocycles. The Hall–Kier alpha value is -2.73. The highest BCUT2D eigenvalue weighted by molar-refractivity contribution is 6.02. The van der Waals surface area contributed by atoms with E-state index in [1.54, 1.807) is 17.1 Å². The molecule has 27 heavy (non-hydrogen) atoms. The van der Waals surface area contributed by atoms with Gasteiger partial charge in [-0.3, -0.25) is 9.69 Å². The summed E-state index contributed by atoms with van der Waals surface area (Å²) < 4.78 is 13.1. The maximum absolute atomic E-state index is 13.1. The van der Waals surface area contributed by atoms with Crippen LogP contribution in [0.5, 0.6) is 0 Å². The Morgan fingerprint density at radius 1 is 0.926 bits per heavy atom. The summed E-state index contributed by atoms with van der Waals surface area (Å²) >= 11 is 0. The van der Waals surface area contributed by atoms with E-state index in [4.69, 9.17) is 0 Å². The van der Waals surface area contributed by atoms with Crippen LogP contribution in [-0.2, 0) is 4.79 Å². The summed E-state index contributed by atoms with van der Waals surface area (Å²) in [6.45, 7) is 4.33. The van der Waals surface area contributed by atoms with Crippen LogP contribution in [-0.4, -0.2) is 60.8 Å². The number of carbonyl (C=O) groups is 1. The van der Waals surface area contributed by atoms with E-state index in [0.29, 0.717) is 13.1 Å². The van der Waals surface area contributed by atoms with Gasteiger partial charge in [-0.2, -0.15) is 5.10 Å². The molecule has 2 heterocycles. The minimum atomic E-state index is -0.218. The van der Waals surface area contributed by atoms with Crippen LogP contribution in [0.3, 0.4) is 0 Å². The van der Waals surface area contributed by atoms with Crippen LogP contribution >= 0.6 is 0 Å². The third-order valence-electron chi connectivity index (χ3n) is 5.12. The van der Waals surface area contributed by atoms with Gasteiger partial charge in [0, 0.05) is 38.3 Å². The molecule has 5 nitrogen and oxygen atoms in total. The Balaban J connectivity index is 1.30. The molecule has 0 spiro atoms. The number of hydrogen-bond acceptors (Lipinski definition) is 4. The highest BCUT2D eigenvalue weighted by Gasteiger charge is 2.25. The molecule has 6 heteroatoms. The smallest absolute Gasteiger partial charge is 0.256 e. The number of nitrogens with zero attached hydrogens (tertiary/aromatic N) is 4. The molecule has 140 valence electrons. The fourth-order valence-corrected chi connectivity index (χ4v) is 3.56.